The van der Waals surface area contributed by atoms with Crippen LogP contribution in [0.5, 0.6) is 0 Å². The summed E-state index contributed by atoms with van der Waals surface area (Å²) in [6.07, 6.45) is 2.63. The average molecular weight is 280 g/mol. The fourth-order valence-electron chi connectivity index (χ4n) is 1.37. The Morgan fingerprint density at radius 2 is 2.45 bits per heavy atom. The first-order chi connectivity index (χ1) is 5.31. The van der Waals surface area contributed by atoms with Crippen LogP contribution < -0.4 is 0 Å². The summed E-state index contributed by atoms with van der Waals surface area (Å²) in [6, 6.07) is 0. The van der Waals surface area contributed by atoms with E-state index in [4.69, 9.17) is 0 Å². The van der Waals surface area contributed by atoms with Crippen molar-refractivity contribution in [2.45, 2.75) is 25.7 Å². The van der Waals surface area contributed by atoms with Crippen LogP contribution in [0.3, 0.4) is 0 Å². The Morgan fingerprint density at radius 1 is 1.64 bits per heavy atom. The number of hydrogen-bond donors (Lipinski definition) is 0. The monoisotopic (exact) mass is 280 g/mol. The van der Waals surface area contributed by atoms with Crippen LogP contribution in [0.2, 0.25) is 0 Å². The zero-order chi connectivity index (χ0) is 7.84. The van der Waals surface area contributed by atoms with Gasteiger partial charge in [0.15, 0.2) is 3.01 Å². The summed E-state index contributed by atoms with van der Waals surface area (Å²) in [5.74, 6) is 1.65. The molecule has 2 rings (SSSR count). The van der Waals surface area contributed by atoms with E-state index in [-0.39, 0.29) is 0 Å². The van der Waals surface area contributed by atoms with Crippen LogP contribution in [0.15, 0.2) is 0 Å². The third-order valence-corrected chi connectivity index (χ3v) is 3.90. The number of halogens is 1. The lowest BCUT2D eigenvalue weighted by Crippen LogP contribution is -1.80. The first-order valence-corrected chi connectivity index (χ1v) is 5.69. The van der Waals surface area contributed by atoms with Gasteiger partial charge in [-0.2, -0.15) is 0 Å². The molecule has 2 nitrogen and oxygen atoms in total. The summed E-state index contributed by atoms with van der Waals surface area (Å²) in [7, 11) is 0. The highest BCUT2D eigenvalue weighted by atomic mass is 127. The summed E-state index contributed by atoms with van der Waals surface area (Å²) >= 11 is 3.97. The fourth-order valence-corrected chi connectivity index (χ4v) is 2.93. The summed E-state index contributed by atoms with van der Waals surface area (Å²) in [6.45, 7) is 2.25. The lowest BCUT2D eigenvalue weighted by Gasteiger charge is -1.87. The van der Waals surface area contributed by atoms with Crippen molar-refractivity contribution in [1.82, 2.24) is 10.2 Å². The van der Waals surface area contributed by atoms with E-state index < -0.39 is 0 Å². The van der Waals surface area contributed by atoms with Gasteiger partial charge in [0.2, 0.25) is 0 Å². The zero-order valence-electron chi connectivity index (χ0n) is 6.25. The van der Waals surface area contributed by atoms with Gasteiger partial charge < -0.3 is 0 Å². The average Bonchev–Trinajstić information content (AvgIpc) is 2.68. The molecule has 60 valence electrons. The van der Waals surface area contributed by atoms with Gasteiger partial charge in [-0.15, -0.1) is 10.2 Å². The highest BCUT2D eigenvalue weighted by molar-refractivity contribution is 14.1. The van der Waals surface area contributed by atoms with Crippen LogP contribution in [0.25, 0.3) is 0 Å². The third-order valence-electron chi connectivity index (χ3n) is 2.18. The first-order valence-electron chi connectivity index (χ1n) is 3.80. The zero-order valence-corrected chi connectivity index (χ0v) is 9.22. The van der Waals surface area contributed by atoms with Crippen LogP contribution in [0.4, 0.5) is 0 Å². The largest absolute Gasteiger partial charge is 0.178 e. The van der Waals surface area contributed by atoms with Gasteiger partial charge in [-0.1, -0.05) is 24.7 Å². The van der Waals surface area contributed by atoms with Gasteiger partial charge >= 0.3 is 0 Å². The van der Waals surface area contributed by atoms with E-state index in [9.17, 15) is 0 Å². The molecular formula is C7H9IN2S. The summed E-state index contributed by atoms with van der Waals surface area (Å²) in [5.41, 5.74) is 0. The standard InChI is InChI=1S/C7H9IN2S/c1-2-4-3-5(4)6-9-10-7(8)11-6/h4-5H,2-3H2,1H3. The Labute approximate surface area is 83.6 Å². The van der Waals surface area contributed by atoms with Gasteiger partial charge in [0, 0.05) is 5.92 Å². The predicted octanol–water partition coefficient (Wildman–Crippen LogP) is 2.66. The Morgan fingerprint density at radius 3 is 2.91 bits per heavy atom. The Kier molecular flexibility index (Phi) is 2.14. The molecule has 1 heterocycles. The van der Waals surface area contributed by atoms with Crippen molar-refractivity contribution in [3.8, 4) is 0 Å². The molecule has 1 saturated carbocycles. The van der Waals surface area contributed by atoms with E-state index in [1.165, 1.54) is 17.8 Å². The van der Waals surface area contributed by atoms with Crippen LogP contribution in [0, 0.1) is 8.93 Å². The van der Waals surface area contributed by atoms with E-state index >= 15 is 0 Å². The van der Waals surface area contributed by atoms with Crippen LogP contribution in [0.1, 0.15) is 30.7 Å². The molecular weight excluding hydrogens is 271 g/mol. The molecule has 2 unspecified atom stereocenters. The molecule has 1 aliphatic carbocycles. The van der Waals surface area contributed by atoms with Gasteiger partial charge in [-0.3, -0.25) is 0 Å². The van der Waals surface area contributed by atoms with Crippen molar-refractivity contribution in [3.05, 3.63) is 8.02 Å². The van der Waals surface area contributed by atoms with Crippen molar-refractivity contribution in [2.75, 3.05) is 0 Å². The predicted molar refractivity (Wildman–Crippen MR) is 53.8 cm³/mol. The maximum absolute atomic E-state index is 4.14. The smallest absolute Gasteiger partial charge is 0.142 e. The molecule has 1 aromatic heterocycles. The second-order valence-corrected chi connectivity index (χ2v) is 5.67. The van der Waals surface area contributed by atoms with Gasteiger partial charge in [0.05, 0.1) is 0 Å². The fraction of sp³-hybridized carbons (Fsp3) is 0.714. The van der Waals surface area contributed by atoms with Crippen molar-refractivity contribution in [2.24, 2.45) is 5.92 Å². The SMILES string of the molecule is CCC1CC1c1nnc(I)s1. The van der Waals surface area contributed by atoms with E-state index in [1.807, 2.05) is 0 Å². The maximum atomic E-state index is 4.14. The lowest BCUT2D eigenvalue weighted by molar-refractivity contribution is 0.758. The minimum absolute atomic E-state index is 0.751. The quantitative estimate of drug-likeness (QED) is 0.778. The summed E-state index contributed by atoms with van der Waals surface area (Å²) < 4.78 is 1.07. The van der Waals surface area contributed by atoms with Gasteiger partial charge in [-0.05, 0) is 34.9 Å². The first kappa shape index (κ1) is 7.91. The van der Waals surface area contributed by atoms with Gasteiger partial charge in [0.1, 0.15) is 5.01 Å². The molecule has 0 aromatic carbocycles. The molecule has 11 heavy (non-hydrogen) atoms. The van der Waals surface area contributed by atoms with Crippen molar-refractivity contribution in [3.63, 3.8) is 0 Å². The van der Waals surface area contributed by atoms with Crippen molar-refractivity contribution < 1.29 is 0 Å². The molecule has 1 aromatic rings. The molecule has 0 amide bonds. The molecule has 1 aliphatic rings. The molecule has 2 atom stereocenters. The highest BCUT2D eigenvalue weighted by Crippen LogP contribution is 2.50. The van der Waals surface area contributed by atoms with E-state index in [2.05, 4.69) is 39.7 Å². The molecule has 0 radical (unpaired) electrons. The van der Waals surface area contributed by atoms with Crippen molar-refractivity contribution >= 4 is 33.9 Å². The molecule has 0 aliphatic heterocycles. The third kappa shape index (κ3) is 1.56. The lowest BCUT2D eigenvalue weighted by atomic mass is 10.3. The van der Waals surface area contributed by atoms with Gasteiger partial charge in [0.25, 0.3) is 0 Å². The number of aromatic nitrogens is 2. The van der Waals surface area contributed by atoms with Crippen LogP contribution >= 0.6 is 33.9 Å². The van der Waals surface area contributed by atoms with Crippen LogP contribution in [-0.2, 0) is 0 Å². The summed E-state index contributed by atoms with van der Waals surface area (Å²) in [4.78, 5) is 0. The molecule has 0 bridgehead atoms. The normalized spacial score (nSPS) is 28.9. The number of rotatable bonds is 2. The molecule has 0 spiro atoms. The van der Waals surface area contributed by atoms with Gasteiger partial charge in [-0.25, -0.2) is 0 Å². The van der Waals surface area contributed by atoms with E-state index in [1.54, 1.807) is 11.3 Å². The van der Waals surface area contributed by atoms with Crippen LogP contribution in [-0.4, -0.2) is 10.2 Å². The minimum Gasteiger partial charge on any atom is -0.142 e. The Bertz CT molecular complexity index is 261. The number of hydrogen-bond acceptors (Lipinski definition) is 3. The van der Waals surface area contributed by atoms with Crippen molar-refractivity contribution in [1.29, 1.82) is 0 Å². The summed E-state index contributed by atoms with van der Waals surface area (Å²) in [5, 5.41) is 9.39. The topological polar surface area (TPSA) is 25.8 Å². The minimum atomic E-state index is 0.751. The molecule has 0 saturated heterocycles. The number of nitrogens with zero attached hydrogens (tertiary/aromatic N) is 2. The second kappa shape index (κ2) is 2.97. The van der Waals surface area contributed by atoms with E-state index in [0.29, 0.717) is 0 Å². The maximum Gasteiger partial charge on any atom is 0.178 e. The Balaban J connectivity index is 2.08. The molecule has 0 N–H and O–H groups in total. The second-order valence-electron chi connectivity index (χ2n) is 2.90. The van der Waals surface area contributed by atoms with E-state index in [0.717, 1.165) is 14.9 Å². The molecule has 4 heteroatoms. The highest BCUT2D eigenvalue weighted by Gasteiger charge is 2.39. The Hall–Kier alpha value is 0.290. The molecule has 1 fully saturated rings.